The lowest BCUT2D eigenvalue weighted by molar-refractivity contribution is 0.189. The Balaban J connectivity index is 2.79. The molecule has 0 saturated heterocycles. The predicted molar refractivity (Wildman–Crippen MR) is 53.4 cm³/mol. The average Bonchev–Trinajstić information content (AvgIpc) is 2.14. The van der Waals surface area contributed by atoms with E-state index in [0.29, 0.717) is 17.7 Å². The highest BCUT2D eigenvalue weighted by Crippen LogP contribution is 2.11. The molecule has 0 saturated carbocycles. The summed E-state index contributed by atoms with van der Waals surface area (Å²) in [7, 11) is -3.10. The first-order valence-electron chi connectivity index (χ1n) is 4.41. The van der Waals surface area contributed by atoms with Gasteiger partial charge >= 0.3 is 0 Å². The number of aryl methyl sites for hydroxylation is 1. The zero-order chi connectivity index (χ0) is 10.6. The van der Waals surface area contributed by atoms with Crippen LogP contribution in [-0.2, 0) is 21.4 Å². The van der Waals surface area contributed by atoms with Crippen LogP contribution in [0, 0.1) is 0 Å². The quantitative estimate of drug-likeness (QED) is 0.760. The largest absolute Gasteiger partial charge is 0.237 e. The second-order valence-corrected chi connectivity index (χ2v) is 5.24. The highest BCUT2D eigenvalue weighted by Gasteiger charge is 2.05. The Morgan fingerprint density at radius 2 is 1.71 bits per heavy atom. The number of benzene rings is 1. The fourth-order valence-corrected chi connectivity index (χ4v) is 1.81. The minimum absolute atomic E-state index is 0.0895. The van der Waals surface area contributed by atoms with Gasteiger partial charge in [-0.2, -0.15) is 0 Å². The van der Waals surface area contributed by atoms with E-state index < -0.39 is 9.84 Å². The molecule has 3 nitrogen and oxygen atoms in total. The maximum atomic E-state index is 11.1. The first-order chi connectivity index (χ1) is 6.54. The molecule has 1 aromatic carbocycles. The third-order valence-electron chi connectivity index (χ3n) is 1.96. The predicted octanol–water partition coefficient (Wildman–Crippen LogP) is 1.45. The standard InChI is InChI=1S/C10H13O3S/c1-14(12,13)10-6-4-9(5-7-10)3-2-8-11/h4-7H,2-3,8H2,1H3. The minimum atomic E-state index is -3.10. The third-order valence-corrected chi connectivity index (χ3v) is 3.09. The van der Waals surface area contributed by atoms with E-state index in [0.717, 1.165) is 5.56 Å². The van der Waals surface area contributed by atoms with E-state index in [1.54, 1.807) is 24.3 Å². The SMILES string of the molecule is CS(=O)(=O)c1ccc(CCC[O])cc1. The third kappa shape index (κ3) is 3.12. The van der Waals surface area contributed by atoms with Crippen molar-refractivity contribution in [3.05, 3.63) is 29.8 Å². The maximum Gasteiger partial charge on any atom is 0.175 e. The Morgan fingerprint density at radius 1 is 1.14 bits per heavy atom. The summed E-state index contributed by atoms with van der Waals surface area (Å²) in [6.45, 7) is -0.0895. The summed E-state index contributed by atoms with van der Waals surface area (Å²) in [5, 5.41) is 10.2. The summed E-state index contributed by atoms with van der Waals surface area (Å²) in [6, 6.07) is 6.67. The monoisotopic (exact) mass is 213 g/mol. The Bertz CT molecular complexity index is 378. The van der Waals surface area contributed by atoms with Gasteiger partial charge in [-0.05, 0) is 30.5 Å². The summed E-state index contributed by atoms with van der Waals surface area (Å²) in [5.74, 6) is 0. The van der Waals surface area contributed by atoms with Crippen LogP contribution in [0.4, 0.5) is 0 Å². The van der Waals surface area contributed by atoms with Crippen LogP contribution in [0.15, 0.2) is 29.2 Å². The fourth-order valence-electron chi connectivity index (χ4n) is 1.18. The van der Waals surface area contributed by atoms with Gasteiger partial charge < -0.3 is 0 Å². The van der Waals surface area contributed by atoms with E-state index in [1.807, 2.05) is 0 Å². The van der Waals surface area contributed by atoms with Crippen LogP contribution in [0.2, 0.25) is 0 Å². The molecular weight excluding hydrogens is 200 g/mol. The Kier molecular flexibility index (Phi) is 3.66. The van der Waals surface area contributed by atoms with Crippen LogP contribution in [0.3, 0.4) is 0 Å². The topological polar surface area (TPSA) is 54.0 Å². The van der Waals surface area contributed by atoms with Gasteiger partial charge in [0.25, 0.3) is 0 Å². The lowest BCUT2D eigenvalue weighted by atomic mass is 10.1. The number of rotatable bonds is 4. The van der Waals surface area contributed by atoms with E-state index in [-0.39, 0.29) is 6.61 Å². The van der Waals surface area contributed by atoms with Crippen molar-refractivity contribution < 1.29 is 13.5 Å². The molecule has 1 aromatic rings. The lowest BCUT2D eigenvalue weighted by Gasteiger charge is -2.01. The Hall–Kier alpha value is -0.870. The summed E-state index contributed by atoms with van der Waals surface area (Å²) in [6.07, 6.45) is 2.49. The zero-order valence-electron chi connectivity index (χ0n) is 8.06. The highest BCUT2D eigenvalue weighted by atomic mass is 32.2. The molecule has 0 bridgehead atoms. The summed E-state index contributed by atoms with van der Waals surface area (Å²) in [4.78, 5) is 0.323. The summed E-state index contributed by atoms with van der Waals surface area (Å²) < 4.78 is 22.2. The molecule has 0 atom stereocenters. The van der Waals surface area contributed by atoms with Gasteiger partial charge in [-0.15, -0.1) is 0 Å². The molecule has 1 radical (unpaired) electrons. The number of sulfone groups is 1. The van der Waals surface area contributed by atoms with Crippen molar-refractivity contribution in [2.24, 2.45) is 0 Å². The van der Waals surface area contributed by atoms with Crippen molar-refractivity contribution in [3.63, 3.8) is 0 Å². The molecule has 1 rings (SSSR count). The summed E-state index contributed by atoms with van der Waals surface area (Å²) >= 11 is 0. The average molecular weight is 213 g/mol. The number of hydrogen-bond acceptors (Lipinski definition) is 2. The molecule has 0 N–H and O–H groups in total. The molecule has 0 fully saturated rings. The molecule has 0 amide bonds. The second kappa shape index (κ2) is 4.57. The molecule has 0 aliphatic rings. The highest BCUT2D eigenvalue weighted by molar-refractivity contribution is 7.90. The van der Waals surface area contributed by atoms with Crippen LogP contribution in [0.1, 0.15) is 12.0 Å². The van der Waals surface area contributed by atoms with Gasteiger partial charge in [-0.25, -0.2) is 13.5 Å². The molecule has 0 spiro atoms. The molecule has 0 aliphatic heterocycles. The van der Waals surface area contributed by atoms with E-state index in [1.165, 1.54) is 6.26 Å². The second-order valence-electron chi connectivity index (χ2n) is 3.22. The fraction of sp³-hybridized carbons (Fsp3) is 0.400. The van der Waals surface area contributed by atoms with Crippen molar-refractivity contribution in [2.75, 3.05) is 12.9 Å². The Labute approximate surface area is 84.3 Å². The first-order valence-corrected chi connectivity index (χ1v) is 6.30. The van der Waals surface area contributed by atoms with E-state index in [4.69, 9.17) is 0 Å². The van der Waals surface area contributed by atoms with E-state index in [9.17, 15) is 13.5 Å². The van der Waals surface area contributed by atoms with Gasteiger partial charge in [-0.1, -0.05) is 12.1 Å². The van der Waals surface area contributed by atoms with Crippen LogP contribution in [0.25, 0.3) is 0 Å². The van der Waals surface area contributed by atoms with Crippen LogP contribution >= 0.6 is 0 Å². The lowest BCUT2D eigenvalue weighted by Crippen LogP contribution is -1.97. The first kappa shape index (κ1) is 11.2. The van der Waals surface area contributed by atoms with Gasteiger partial charge in [0, 0.05) is 6.26 Å². The number of hydrogen-bond donors (Lipinski definition) is 0. The minimum Gasteiger partial charge on any atom is -0.237 e. The van der Waals surface area contributed by atoms with Crippen molar-refractivity contribution in [1.29, 1.82) is 0 Å². The molecule has 14 heavy (non-hydrogen) atoms. The molecule has 0 heterocycles. The maximum absolute atomic E-state index is 11.1. The normalized spacial score (nSPS) is 11.6. The van der Waals surface area contributed by atoms with E-state index in [2.05, 4.69) is 0 Å². The van der Waals surface area contributed by atoms with Gasteiger partial charge in [0.1, 0.15) is 0 Å². The van der Waals surface area contributed by atoms with Gasteiger partial charge in [0.15, 0.2) is 9.84 Å². The molecule has 4 heteroatoms. The van der Waals surface area contributed by atoms with Crippen LogP contribution < -0.4 is 0 Å². The van der Waals surface area contributed by atoms with Crippen molar-refractivity contribution in [2.45, 2.75) is 17.7 Å². The van der Waals surface area contributed by atoms with Crippen molar-refractivity contribution in [3.8, 4) is 0 Å². The van der Waals surface area contributed by atoms with Crippen LogP contribution in [-0.4, -0.2) is 21.3 Å². The Morgan fingerprint density at radius 3 is 2.14 bits per heavy atom. The molecule has 0 unspecified atom stereocenters. The van der Waals surface area contributed by atoms with Gasteiger partial charge in [-0.3, -0.25) is 0 Å². The molecule has 0 aromatic heterocycles. The smallest absolute Gasteiger partial charge is 0.175 e. The van der Waals surface area contributed by atoms with Crippen molar-refractivity contribution >= 4 is 9.84 Å². The molecule has 77 valence electrons. The molecule has 0 aliphatic carbocycles. The molecular formula is C10H13O3S. The zero-order valence-corrected chi connectivity index (χ0v) is 8.88. The van der Waals surface area contributed by atoms with Gasteiger partial charge in [0.05, 0.1) is 11.5 Å². The van der Waals surface area contributed by atoms with E-state index >= 15 is 0 Å². The van der Waals surface area contributed by atoms with Crippen molar-refractivity contribution in [1.82, 2.24) is 0 Å². The summed E-state index contributed by atoms with van der Waals surface area (Å²) in [5.41, 5.74) is 1.01. The van der Waals surface area contributed by atoms with Crippen LogP contribution in [0.5, 0.6) is 0 Å². The van der Waals surface area contributed by atoms with Gasteiger partial charge in [0.2, 0.25) is 0 Å².